The number of nitrogens with zero attached hydrogens (tertiary/aromatic N) is 3. The van der Waals surface area contributed by atoms with E-state index in [1.807, 2.05) is 0 Å². The molecule has 1 aliphatic rings. The van der Waals surface area contributed by atoms with Crippen molar-refractivity contribution >= 4 is 40.6 Å². The first-order chi connectivity index (χ1) is 14.6. The number of nitrogen functional groups attached to an aromatic ring is 1. The van der Waals surface area contributed by atoms with Crippen LogP contribution in [0.25, 0.3) is 11.2 Å². The average molecular weight is 564 g/mol. The molecule has 0 spiro atoms. The van der Waals surface area contributed by atoms with Gasteiger partial charge in [-0.3, -0.25) is 18.9 Å². The van der Waals surface area contributed by atoms with Crippen LogP contribution in [0.2, 0.25) is 0 Å². The Morgan fingerprint density at radius 2 is 1.74 bits per heavy atom. The van der Waals surface area contributed by atoms with Crippen LogP contribution in [0, 0.1) is 0 Å². The number of aromatic amines is 1. The Morgan fingerprint density at radius 1 is 1.12 bits per heavy atom. The van der Waals surface area contributed by atoms with Crippen LogP contribution in [-0.2, 0) is 31.6 Å². The maximum absolute atomic E-state index is 11.9. The van der Waals surface area contributed by atoms with Crippen molar-refractivity contribution in [3.05, 3.63) is 16.7 Å². The largest absolute Gasteiger partial charge is 1.00 e. The molecule has 24 heteroatoms. The van der Waals surface area contributed by atoms with Gasteiger partial charge in [-0.2, -0.15) is 13.6 Å². The van der Waals surface area contributed by atoms with Gasteiger partial charge in [0.2, 0.25) is 5.95 Å². The minimum atomic E-state index is -5.73. The van der Waals surface area contributed by atoms with Crippen molar-refractivity contribution in [3.63, 3.8) is 0 Å². The van der Waals surface area contributed by atoms with E-state index in [2.05, 4.69) is 28.1 Å². The first-order valence-corrected chi connectivity index (χ1v) is 12.6. The summed E-state index contributed by atoms with van der Waals surface area (Å²) in [6.45, 7) is -1.01. The predicted octanol–water partition coefficient (Wildman–Crippen LogP) is -6.16. The third-order valence-corrected chi connectivity index (χ3v) is 7.68. The van der Waals surface area contributed by atoms with Gasteiger partial charge in [0.1, 0.15) is 18.3 Å². The molecular formula is C10H18N5NaO15P3+. The molecule has 20 nitrogen and oxygen atoms in total. The molecule has 188 valence electrons. The van der Waals surface area contributed by atoms with E-state index >= 15 is 0 Å². The summed E-state index contributed by atoms with van der Waals surface area (Å²) in [6.07, 6.45) is -5.33. The minimum absolute atomic E-state index is 0. The molecule has 34 heavy (non-hydrogen) atoms. The third kappa shape index (κ3) is 7.45. The zero-order valence-electron chi connectivity index (χ0n) is 16.8. The van der Waals surface area contributed by atoms with Crippen molar-refractivity contribution in [2.45, 2.75) is 24.5 Å². The molecule has 2 aromatic heterocycles. The number of nitrogens with two attached hydrogens (primary N) is 1. The number of fused-ring (bicyclic) bond motifs is 1. The normalized spacial score (nSPS) is 26.3. The van der Waals surface area contributed by atoms with E-state index in [0.29, 0.717) is 0 Å². The second-order valence-corrected chi connectivity index (χ2v) is 10.6. The van der Waals surface area contributed by atoms with Crippen molar-refractivity contribution in [1.29, 1.82) is 0 Å². The quantitative estimate of drug-likeness (QED) is 0.109. The Hall–Kier alpha value is -0.600. The van der Waals surface area contributed by atoms with Gasteiger partial charge in [-0.1, -0.05) is 0 Å². The van der Waals surface area contributed by atoms with Crippen molar-refractivity contribution in [2.24, 2.45) is 0 Å². The molecule has 0 aliphatic carbocycles. The van der Waals surface area contributed by atoms with Crippen LogP contribution < -0.4 is 40.9 Å². The fourth-order valence-electron chi connectivity index (χ4n) is 2.70. The standard InChI is InChI=1S/C10H16N5O14P3.Na.H2O/c11-10-13-7-4(8(18)14-10)12-2-15(7)9-6(17)5(16)3(27-9)1-26-31(22,23)29-32(24,25)28-30(19,20)21;;/h2-3,5-6,9,16-17H,1H2,(H,22,23)(H,24,25)(H2,19,20,21)(H3,11,13,14,18);;1H2/q;+1;. The summed E-state index contributed by atoms with van der Waals surface area (Å²) in [5, 5.41) is 20.4. The number of imidazole rings is 1. The summed E-state index contributed by atoms with van der Waals surface area (Å²) in [6, 6.07) is 0. The second-order valence-electron chi connectivity index (χ2n) is 6.21. The summed E-state index contributed by atoms with van der Waals surface area (Å²) in [4.78, 5) is 57.3. The fourth-order valence-corrected chi connectivity index (χ4v) is 5.73. The number of anilines is 1. The van der Waals surface area contributed by atoms with E-state index in [-0.39, 0.29) is 52.1 Å². The maximum Gasteiger partial charge on any atom is 1.00 e. The number of H-pyrrole nitrogens is 1. The van der Waals surface area contributed by atoms with Crippen molar-refractivity contribution in [3.8, 4) is 0 Å². The average Bonchev–Trinajstić information content (AvgIpc) is 3.12. The molecule has 0 aromatic carbocycles. The molecule has 11 N–H and O–H groups in total. The van der Waals surface area contributed by atoms with Crippen molar-refractivity contribution < 1.29 is 96.4 Å². The van der Waals surface area contributed by atoms with Crippen LogP contribution in [0.4, 0.5) is 5.95 Å². The molecule has 0 saturated carbocycles. The third-order valence-electron chi connectivity index (χ3n) is 3.88. The van der Waals surface area contributed by atoms with E-state index in [9.17, 15) is 33.6 Å². The van der Waals surface area contributed by atoms with Gasteiger partial charge in [0.25, 0.3) is 5.56 Å². The van der Waals surface area contributed by atoms with E-state index in [1.165, 1.54) is 0 Å². The van der Waals surface area contributed by atoms with Crippen LogP contribution >= 0.6 is 23.5 Å². The second kappa shape index (κ2) is 11.2. The molecule has 1 fully saturated rings. The van der Waals surface area contributed by atoms with Gasteiger partial charge in [-0.25, -0.2) is 18.7 Å². The molecule has 6 unspecified atom stereocenters. The zero-order chi connectivity index (χ0) is 24.1. The van der Waals surface area contributed by atoms with Gasteiger partial charge in [0, 0.05) is 0 Å². The number of aromatic nitrogens is 4. The Kier molecular flexibility index (Phi) is 10.4. The SMILES string of the molecule is Nc1nc2c(ncn2C2OC(COP(=O)(O)OP(=O)(O)OP(=O)(O)O)C(O)C2O)c(=O)[nH]1.O.[Na+]. The summed E-state index contributed by atoms with van der Waals surface area (Å²) in [5.74, 6) is -0.276. The van der Waals surface area contributed by atoms with Gasteiger partial charge in [0.05, 0.1) is 12.9 Å². The number of phosphoric acid groups is 3. The van der Waals surface area contributed by atoms with Crippen LogP contribution in [0.15, 0.2) is 11.1 Å². The molecule has 6 atom stereocenters. The van der Waals surface area contributed by atoms with E-state index in [4.69, 9.17) is 25.2 Å². The molecule has 1 aliphatic heterocycles. The molecule has 1 saturated heterocycles. The van der Waals surface area contributed by atoms with Gasteiger partial charge in [-0.05, 0) is 0 Å². The Morgan fingerprint density at radius 3 is 2.32 bits per heavy atom. The topological polar surface area (TPSA) is 331 Å². The van der Waals surface area contributed by atoms with Gasteiger partial charge in [0.15, 0.2) is 17.4 Å². The first-order valence-electron chi connectivity index (χ1n) is 8.11. The Bertz CT molecular complexity index is 1220. The van der Waals surface area contributed by atoms with E-state index < -0.39 is 60.2 Å². The smallest absolute Gasteiger partial charge is 0.412 e. The van der Waals surface area contributed by atoms with Gasteiger partial charge >= 0.3 is 53.0 Å². The number of hydrogen-bond acceptors (Lipinski definition) is 13. The number of aliphatic hydroxyl groups excluding tert-OH is 2. The van der Waals surface area contributed by atoms with Crippen LogP contribution in [0.1, 0.15) is 6.23 Å². The molecule has 0 radical (unpaired) electrons. The Balaban J connectivity index is 0.00000289. The first kappa shape index (κ1) is 31.4. The van der Waals surface area contributed by atoms with Crippen LogP contribution in [-0.4, -0.2) is 79.7 Å². The maximum atomic E-state index is 11.9. The molecular weight excluding hydrogens is 546 g/mol. The van der Waals surface area contributed by atoms with Gasteiger partial charge in [-0.15, -0.1) is 0 Å². The summed E-state index contributed by atoms with van der Waals surface area (Å²) >= 11 is 0. The number of nitrogens with one attached hydrogen (secondary N) is 1. The number of rotatable bonds is 8. The Labute approximate surface area is 209 Å². The summed E-state index contributed by atoms with van der Waals surface area (Å²) in [5.41, 5.74) is 4.50. The molecule has 0 amide bonds. The molecule has 2 aromatic rings. The summed E-state index contributed by atoms with van der Waals surface area (Å²) in [7, 11) is -16.8. The summed E-state index contributed by atoms with van der Waals surface area (Å²) < 4.78 is 51.6. The molecule has 3 heterocycles. The predicted molar refractivity (Wildman–Crippen MR) is 102 cm³/mol. The van der Waals surface area contributed by atoms with Crippen molar-refractivity contribution in [2.75, 3.05) is 12.3 Å². The number of hydrogen-bond donors (Lipinski definition) is 8. The van der Waals surface area contributed by atoms with E-state index in [0.717, 1.165) is 10.9 Å². The minimum Gasteiger partial charge on any atom is -0.412 e. The monoisotopic (exact) mass is 564 g/mol. The van der Waals surface area contributed by atoms with Gasteiger partial charge < -0.3 is 45.7 Å². The van der Waals surface area contributed by atoms with E-state index in [1.54, 1.807) is 0 Å². The number of aliphatic hydroxyl groups is 2. The van der Waals surface area contributed by atoms with Crippen molar-refractivity contribution in [1.82, 2.24) is 19.5 Å². The molecule has 0 bridgehead atoms. The van der Waals surface area contributed by atoms with Crippen LogP contribution in [0.5, 0.6) is 0 Å². The fraction of sp³-hybridized carbons (Fsp3) is 0.500. The van der Waals surface area contributed by atoms with Crippen LogP contribution in [0.3, 0.4) is 0 Å². The number of ether oxygens (including phenoxy) is 1. The zero-order valence-corrected chi connectivity index (χ0v) is 21.5. The number of phosphoric ester groups is 1. The molecule has 3 rings (SSSR count).